The summed E-state index contributed by atoms with van der Waals surface area (Å²) in [4.78, 5) is 12.9. The smallest absolute Gasteiger partial charge is 0.225 e. The zero-order chi connectivity index (χ0) is 11.5. The number of hydrogen-bond donors (Lipinski definition) is 1. The molecule has 84 valence electrons. The third-order valence-electron chi connectivity index (χ3n) is 1.96. The highest BCUT2D eigenvalue weighted by atomic mass is 32.1. The van der Waals surface area contributed by atoms with Crippen LogP contribution in [0.5, 0.6) is 0 Å². The lowest BCUT2D eigenvalue weighted by molar-refractivity contribution is -0.117. The summed E-state index contributed by atoms with van der Waals surface area (Å²) in [5.41, 5.74) is 0.0505. The highest BCUT2D eigenvalue weighted by Crippen LogP contribution is 2.24. The molecule has 1 aromatic rings. The van der Waals surface area contributed by atoms with E-state index < -0.39 is 0 Å². The van der Waals surface area contributed by atoms with Crippen LogP contribution in [-0.4, -0.2) is 5.91 Å². The zero-order valence-corrected chi connectivity index (χ0v) is 10.7. The average molecular weight is 225 g/mol. The second kappa shape index (κ2) is 4.79. The number of anilines is 1. The molecule has 0 saturated heterocycles. The van der Waals surface area contributed by atoms with Gasteiger partial charge in [-0.05, 0) is 24.0 Å². The Bertz CT molecular complexity index is 336. The summed E-state index contributed by atoms with van der Waals surface area (Å²) in [5, 5.41) is 3.89. The second-order valence-electron chi connectivity index (χ2n) is 4.91. The molecule has 0 fully saturated rings. The van der Waals surface area contributed by atoms with Gasteiger partial charge in [-0.15, -0.1) is 11.3 Å². The van der Waals surface area contributed by atoms with Crippen LogP contribution in [0.3, 0.4) is 0 Å². The predicted molar refractivity (Wildman–Crippen MR) is 66.4 cm³/mol. The molecule has 15 heavy (non-hydrogen) atoms. The van der Waals surface area contributed by atoms with E-state index in [1.165, 1.54) is 4.88 Å². The lowest BCUT2D eigenvalue weighted by Gasteiger charge is -2.16. The van der Waals surface area contributed by atoms with Crippen molar-refractivity contribution in [3.63, 3.8) is 0 Å². The van der Waals surface area contributed by atoms with Crippen molar-refractivity contribution in [2.75, 3.05) is 5.32 Å². The zero-order valence-electron chi connectivity index (χ0n) is 9.89. The van der Waals surface area contributed by atoms with Gasteiger partial charge in [-0.2, -0.15) is 0 Å². The fraction of sp³-hybridized carbons (Fsp3) is 0.583. The Kier molecular flexibility index (Phi) is 3.91. The van der Waals surface area contributed by atoms with E-state index in [2.05, 4.69) is 39.1 Å². The first kappa shape index (κ1) is 12.2. The Morgan fingerprint density at radius 1 is 1.40 bits per heavy atom. The van der Waals surface area contributed by atoms with Crippen molar-refractivity contribution >= 4 is 22.2 Å². The molecule has 1 N–H and O–H groups in total. The number of carbonyl (C=O) groups is 1. The number of carbonyl (C=O) groups excluding carboxylic acids is 1. The molecule has 0 saturated carbocycles. The van der Waals surface area contributed by atoms with E-state index in [1.807, 2.05) is 6.07 Å². The Morgan fingerprint density at radius 3 is 2.53 bits per heavy atom. The van der Waals surface area contributed by atoms with Gasteiger partial charge in [0, 0.05) is 11.3 Å². The highest BCUT2D eigenvalue weighted by Gasteiger charge is 2.16. The van der Waals surface area contributed by atoms with Gasteiger partial charge in [-0.3, -0.25) is 4.79 Å². The topological polar surface area (TPSA) is 29.1 Å². The molecule has 0 aliphatic heterocycles. The summed E-state index contributed by atoms with van der Waals surface area (Å²) in [5.74, 6) is 0.104. The molecule has 1 aromatic heterocycles. The number of aryl methyl sites for hydroxylation is 1. The van der Waals surface area contributed by atoms with Crippen molar-refractivity contribution in [1.82, 2.24) is 0 Å². The summed E-state index contributed by atoms with van der Waals surface area (Å²) in [6.07, 6.45) is 1.59. The predicted octanol–water partition coefficient (Wildman–Crippen LogP) is 3.69. The molecule has 0 aliphatic rings. The van der Waals surface area contributed by atoms with E-state index in [9.17, 15) is 4.79 Å². The molecule has 1 heterocycles. The Labute approximate surface area is 95.7 Å². The number of hydrogen-bond acceptors (Lipinski definition) is 2. The molecular formula is C12H19NOS. The van der Waals surface area contributed by atoms with Crippen LogP contribution in [0.15, 0.2) is 12.1 Å². The normalized spacial score (nSPS) is 11.5. The van der Waals surface area contributed by atoms with Crippen molar-refractivity contribution in [2.24, 2.45) is 5.41 Å². The first-order valence-corrected chi connectivity index (χ1v) is 6.11. The van der Waals surface area contributed by atoms with Gasteiger partial charge in [-0.25, -0.2) is 0 Å². The third kappa shape index (κ3) is 4.47. The van der Waals surface area contributed by atoms with Crippen LogP contribution in [0.4, 0.5) is 5.00 Å². The summed E-state index contributed by atoms with van der Waals surface area (Å²) in [6.45, 7) is 8.32. The lowest BCUT2D eigenvalue weighted by atomic mass is 9.92. The summed E-state index contributed by atoms with van der Waals surface area (Å²) in [6, 6.07) is 4.04. The second-order valence-corrected chi connectivity index (χ2v) is 6.07. The largest absolute Gasteiger partial charge is 0.318 e. The van der Waals surface area contributed by atoms with Crippen LogP contribution in [0.25, 0.3) is 0 Å². The molecule has 0 unspecified atom stereocenters. The van der Waals surface area contributed by atoms with E-state index in [1.54, 1.807) is 11.3 Å². The standard InChI is InChI=1S/C12H19NOS/c1-5-9-6-7-11(15-9)13-10(14)8-12(2,3)4/h6-7H,5,8H2,1-4H3,(H,13,14). The fourth-order valence-electron chi connectivity index (χ4n) is 1.30. The first-order chi connectivity index (χ1) is 6.90. The summed E-state index contributed by atoms with van der Waals surface area (Å²) in [7, 11) is 0. The van der Waals surface area contributed by atoms with Crippen molar-refractivity contribution < 1.29 is 4.79 Å². The van der Waals surface area contributed by atoms with Crippen LogP contribution >= 0.6 is 11.3 Å². The minimum atomic E-state index is 0.0505. The Balaban J connectivity index is 2.51. The Hall–Kier alpha value is -0.830. The van der Waals surface area contributed by atoms with Crippen molar-refractivity contribution in [2.45, 2.75) is 40.5 Å². The average Bonchev–Trinajstić information content (AvgIpc) is 2.48. The van der Waals surface area contributed by atoms with Crippen LogP contribution in [0.2, 0.25) is 0 Å². The monoisotopic (exact) mass is 225 g/mol. The Morgan fingerprint density at radius 2 is 2.07 bits per heavy atom. The molecule has 0 atom stereocenters. The fourth-order valence-corrected chi connectivity index (χ4v) is 2.16. The first-order valence-electron chi connectivity index (χ1n) is 5.29. The van der Waals surface area contributed by atoms with Crippen LogP contribution in [-0.2, 0) is 11.2 Å². The summed E-state index contributed by atoms with van der Waals surface area (Å²) >= 11 is 1.66. The van der Waals surface area contributed by atoms with E-state index in [-0.39, 0.29) is 11.3 Å². The minimum absolute atomic E-state index is 0.0505. The van der Waals surface area contributed by atoms with Gasteiger partial charge in [0.05, 0.1) is 5.00 Å². The van der Waals surface area contributed by atoms with E-state index in [0.29, 0.717) is 6.42 Å². The number of rotatable bonds is 3. The highest BCUT2D eigenvalue weighted by molar-refractivity contribution is 7.16. The van der Waals surface area contributed by atoms with Crippen LogP contribution in [0, 0.1) is 5.41 Å². The minimum Gasteiger partial charge on any atom is -0.318 e. The number of thiophene rings is 1. The molecule has 3 heteroatoms. The molecule has 0 radical (unpaired) electrons. The maximum absolute atomic E-state index is 11.6. The molecule has 0 aromatic carbocycles. The molecule has 0 aliphatic carbocycles. The third-order valence-corrected chi connectivity index (χ3v) is 3.11. The van der Waals surface area contributed by atoms with Gasteiger partial charge in [0.1, 0.15) is 0 Å². The van der Waals surface area contributed by atoms with Gasteiger partial charge >= 0.3 is 0 Å². The van der Waals surface area contributed by atoms with Crippen molar-refractivity contribution in [3.05, 3.63) is 17.0 Å². The van der Waals surface area contributed by atoms with E-state index in [4.69, 9.17) is 0 Å². The number of amides is 1. The SMILES string of the molecule is CCc1ccc(NC(=O)CC(C)(C)C)s1. The molecular weight excluding hydrogens is 206 g/mol. The molecule has 1 amide bonds. The quantitative estimate of drug-likeness (QED) is 0.835. The molecule has 0 bridgehead atoms. The molecule has 2 nitrogen and oxygen atoms in total. The van der Waals surface area contributed by atoms with Crippen molar-refractivity contribution in [1.29, 1.82) is 0 Å². The van der Waals surface area contributed by atoms with Gasteiger partial charge in [0.2, 0.25) is 5.91 Å². The number of nitrogens with one attached hydrogen (secondary N) is 1. The van der Waals surface area contributed by atoms with E-state index >= 15 is 0 Å². The molecule has 1 rings (SSSR count). The van der Waals surface area contributed by atoms with Gasteiger partial charge in [0.25, 0.3) is 0 Å². The van der Waals surface area contributed by atoms with Gasteiger partial charge < -0.3 is 5.32 Å². The van der Waals surface area contributed by atoms with Crippen molar-refractivity contribution in [3.8, 4) is 0 Å². The van der Waals surface area contributed by atoms with E-state index in [0.717, 1.165) is 11.4 Å². The summed E-state index contributed by atoms with van der Waals surface area (Å²) < 4.78 is 0. The lowest BCUT2D eigenvalue weighted by Crippen LogP contribution is -2.19. The van der Waals surface area contributed by atoms with Gasteiger partial charge in [0.15, 0.2) is 0 Å². The maximum atomic E-state index is 11.6. The van der Waals surface area contributed by atoms with Crippen LogP contribution in [0.1, 0.15) is 39.0 Å². The van der Waals surface area contributed by atoms with Crippen LogP contribution < -0.4 is 5.32 Å². The molecule has 0 spiro atoms. The van der Waals surface area contributed by atoms with Gasteiger partial charge in [-0.1, -0.05) is 27.7 Å². The maximum Gasteiger partial charge on any atom is 0.225 e.